The molecule has 1 aliphatic heterocycles. The standard InChI is InChI=1S/C16H22ClNO3/c1-20-16(19)15-8-5-9-18(15)10-14(17)12-21-11-13-6-3-2-4-7-13/h2-4,6-7,14-15H,5,8-12H2,1H3/t14-,15-/m1/s1. The van der Waals surface area contributed by atoms with Crippen LogP contribution in [-0.2, 0) is 20.9 Å². The minimum absolute atomic E-state index is 0.126. The number of carbonyl (C=O) groups is 1. The highest BCUT2D eigenvalue weighted by molar-refractivity contribution is 6.20. The van der Waals surface area contributed by atoms with Crippen molar-refractivity contribution in [2.75, 3.05) is 26.8 Å². The van der Waals surface area contributed by atoms with Crippen LogP contribution in [0.3, 0.4) is 0 Å². The first-order valence-electron chi connectivity index (χ1n) is 7.28. The summed E-state index contributed by atoms with van der Waals surface area (Å²) >= 11 is 6.32. The maximum atomic E-state index is 11.7. The van der Waals surface area contributed by atoms with Gasteiger partial charge in [0, 0.05) is 6.54 Å². The fourth-order valence-electron chi connectivity index (χ4n) is 2.63. The Hall–Kier alpha value is -1.10. The first kappa shape index (κ1) is 16.3. The van der Waals surface area contributed by atoms with E-state index in [1.807, 2.05) is 30.3 Å². The van der Waals surface area contributed by atoms with E-state index in [0.717, 1.165) is 24.9 Å². The first-order chi connectivity index (χ1) is 10.2. The predicted molar refractivity (Wildman–Crippen MR) is 82.4 cm³/mol. The monoisotopic (exact) mass is 311 g/mol. The van der Waals surface area contributed by atoms with Crippen LogP contribution in [0, 0.1) is 0 Å². The van der Waals surface area contributed by atoms with Gasteiger partial charge in [-0.1, -0.05) is 30.3 Å². The molecule has 116 valence electrons. The second-order valence-electron chi connectivity index (χ2n) is 5.27. The number of esters is 1. The van der Waals surface area contributed by atoms with Crippen molar-refractivity contribution in [1.82, 2.24) is 4.90 Å². The van der Waals surface area contributed by atoms with Gasteiger partial charge in [0.25, 0.3) is 0 Å². The third-order valence-corrected chi connectivity index (χ3v) is 3.94. The molecule has 0 aliphatic carbocycles. The fraction of sp³-hybridized carbons (Fsp3) is 0.562. The molecule has 2 atom stereocenters. The molecule has 0 saturated carbocycles. The van der Waals surface area contributed by atoms with Crippen molar-refractivity contribution in [2.45, 2.75) is 30.9 Å². The van der Waals surface area contributed by atoms with Gasteiger partial charge < -0.3 is 9.47 Å². The Morgan fingerprint density at radius 2 is 2.19 bits per heavy atom. The van der Waals surface area contributed by atoms with Gasteiger partial charge in [-0.3, -0.25) is 9.69 Å². The van der Waals surface area contributed by atoms with Gasteiger partial charge in [0.1, 0.15) is 6.04 Å². The van der Waals surface area contributed by atoms with E-state index in [0.29, 0.717) is 19.8 Å². The number of likely N-dealkylation sites (tertiary alicyclic amines) is 1. The van der Waals surface area contributed by atoms with E-state index in [2.05, 4.69) is 4.90 Å². The summed E-state index contributed by atoms with van der Waals surface area (Å²) in [6.07, 6.45) is 1.86. The molecule has 0 N–H and O–H groups in total. The molecule has 0 spiro atoms. The van der Waals surface area contributed by atoms with Crippen LogP contribution in [0.4, 0.5) is 0 Å². The molecule has 0 amide bonds. The van der Waals surface area contributed by atoms with E-state index in [9.17, 15) is 4.79 Å². The lowest BCUT2D eigenvalue weighted by molar-refractivity contribution is -0.145. The molecule has 0 bridgehead atoms. The largest absolute Gasteiger partial charge is 0.468 e. The molecule has 1 aromatic rings. The number of nitrogens with zero attached hydrogens (tertiary/aromatic N) is 1. The van der Waals surface area contributed by atoms with Crippen molar-refractivity contribution in [3.8, 4) is 0 Å². The van der Waals surface area contributed by atoms with E-state index in [1.165, 1.54) is 7.11 Å². The van der Waals surface area contributed by atoms with Crippen molar-refractivity contribution in [3.05, 3.63) is 35.9 Å². The maximum absolute atomic E-state index is 11.7. The third-order valence-electron chi connectivity index (χ3n) is 3.68. The molecule has 2 rings (SSSR count). The second kappa shape index (κ2) is 8.37. The zero-order chi connectivity index (χ0) is 15.1. The van der Waals surface area contributed by atoms with Crippen LogP contribution in [-0.4, -0.2) is 49.1 Å². The fourth-order valence-corrected chi connectivity index (χ4v) is 2.90. The normalized spacial score (nSPS) is 20.4. The Morgan fingerprint density at radius 1 is 1.43 bits per heavy atom. The Morgan fingerprint density at radius 3 is 2.90 bits per heavy atom. The summed E-state index contributed by atoms with van der Waals surface area (Å²) in [5.41, 5.74) is 1.13. The molecule has 0 unspecified atom stereocenters. The summed E-state index contributed by atoms with van der Waals surface area (Å²) in [6, 6.07) is 9.86. The highest BCUT2D eigenvalue weighted by Gasteiger charge is 2.32. The minimum Gasteiger partial charge on any atom is -0.468 e. The Bertz CT molecular complexity index is 440. The van der Waals surface area contributed by atoms with Crippen LogP contribution < -0.4 is 0 Å². The van der Waals surface area contributed by atoms with Gasteiger partial charge in [-0.15, -0.1) is 11.6 Å². The molecular formula is C16H22ClNO3. The van der Waals surface area contributed by atoms with Crippen LogP contribution in [0.25, 0.3) is 0 Å². The molecule has 5 heteroatoms. The molecule has 1 saturated heterocycles. The highest BCUT2D eigenvalue weighted by atomic mass is 35.5. The second-order valence-corrected chi connectivity index (χ2v) is 5.89. The molecule has 1 heterocycles. The van der Waals surface area contributed by atoms with Crippen molar-refractivity contribution in [2.24, 2.45) is 0 Å². The summed E-state index contributed by atoms with van der Waals surface area (Å²) in [5, 5.41) is -0.126. The van der Waals surface area contributed by atoms with Gasteiger partial charge >= 0.3 is 5.97 Å². The number of alkyl halides is 1. The number of methoxy groups -OCH3 is 1. The SMILES string of the molecule is COC(=O)[C@H]1CCCN1C[C@@H](Cl)COCc1ccccc1. The smallest absolute Gasteiger partial charge is 0.323 e. The Labute approximate surface area is 131 Å². The Balaban J connectivity index is 1.71. The van der Waals surface area contributed by atoms with Crippen molar-refractivity contribution >= 4 is 17.6 Å². The lowest BCUT2D eigenvalue weighted by atomic mass is 10.2. The molecule has 0 aromatic heterocycles. The molecule has 1 aromatic carbocycles. The van der Waals surface area contributed by atoms with E-state index in [4.69, 9.17) is 21.1 Å². The van der Waals surface area contributed by atoms with Crippen LogP contribution in [0.15, 0.2) is 30.3 Å². The topological polar surface area (TPSA) is 38.8 Å². The summed E-state index contributed by atoms with van der Waals surface area (Å²) < 4.78 is 10.5. The zero-order valence-corrected chi connectivity index (χ0v) is 13.1. The summed E-state index contributed by atoms with van der Waals surface area (Å²) in [4.78, 5) is 13.8. The maximum Gasteiger partial charge on any atom is 0.323 e. The summed E-state index contributed by atoms with van der Waals surface area (Å²) in [6.45, 7) is 2.57. The van der Waals surface area contributed by atoms with E-state index in [1.54, 1.807) is 0 Å². The molecular weight excluding hydrogens is 290 g/mol. The van der Waals surface area contributed by atoms with Crippen molar-refractivity contribution in [1.29, 1.82) is 0 Å². The van der Waals surface area contributed by atoms with Gasteiger partial charge in [0.2, 0.25) is 0 Å². The van der Waals surface area contributed by atoms with Crippen molar-refractivity contribution < 1.29 is 14.3 Å². The van der Waals surface area contributed by atoms with E-state index in [-0.39, 0.29) is 17.4 Å². The van der Waals surface area contributed by atoms with Gasteiger partial charge in [-0.05, 0) is 24.9 Å². The minimum atomic E-state index is -0.165. The van der Waals surface area contributed by atoms with Gasteiger partial charge in [0.05, 0.1) is 25.7 Å². The highest BCUT2D eigenvalue weighted by Crippen LogP contribution is 2.19. The number of benzene rings is 1. The molecule has 1 aliphatic rings. The van der Waals surface area contributed by atoms with Crippen LogP contribution >= 0.6 is 11.6 Å². The molecule has 0 radical (unpaired) electrons. The van der Waals surface area contributed by atoms with Gasteiger partial charge in [0.15, 0.2) is 0 Å². The number of hydrogen-bond acceptors (Lipinski definition) is 4. The van der Waals surface area contributed by atoms with E-state index < -0.39 is 0 Å². The van der Waals surface area contributed by atoms with Crippen LogP contribution in [0.5, 0.6) is 0 Å². The molecule has 4 nitrogen and oxygen atoms in total. The molecule has 21 heavy (non-hydrogen) atoms. The number of halogens is 1. The quantitative estimate of drug-likeness (QED) is 0.573. The number of hydrogen-bond donors (Lipinski definition) is 0. The van der Waals surface area contributed by atoms with Gasteiger partial charge in [-0.2, -0.15) is 0 Å². The van der Waals surface area contributed by atoms with Crippen LogP contribution in [0.1, 0.15) is 18.4 Å². The lowest BCUT2D eigenvalue weighted by Crippen LogP contribution is -2.41. The van der Waals surface area contributed by atoms with Crippen molar-refractivity contribution in [3.63, 3.8) is 0 Å². The number of rotatable bonds is 7. The van der Waals surface area contributed by atoms with Gasteiger partial charge in [-0.25, -0.2) is 0 Å². The number of carbonyl (C=O) groups excluding carboxylic acids is 1. The summed E-state index contributed by atoms with van der Waals surface area (Å²) in [5.74, 6) is -0.165. The van der Waals surface area contributed by atoms with E-state index >= 15 is 0 Å². The zero-order valence-electron chi connectivity index (χ0n) is 12.3. The van der Waals surface area contributed by atoms with Crippen LogP contribution in [0.2, 0.25) is 0 Å². The lowest BCUT2D eigenvalue weighted by Gasteiger charge is -2.24. The summed E-state index contributed by atoms with van der Waals surface area (Å²) in [7, 11) is 1.43. The average molecular weight is 312 g/mol. The predicted octanol–water partition coefficient (Wildman–Crippen LogP) is 2.45. The average Bonchev–Trinajstić information content (AvgIpc) is 2.95. The number of ether oxygens (including phenoxy) is 2. The third kappa shape index (κ3) is 4.99. The molecule has 1 fully saturated rings. The Kier molecular flexibility index (Phi) is 6.49. The first-order valence-corrected chi connectivity index (χ1v) is 7.72.